The fraction of sp³-hybridized carbons (Fsp3) is 0.400. The Morgan fingerprint density at radius 3 is 3.00 bits per heavy atom. The van der Waals surface area contributed by atoms with Gasteiger partial charge in [0.2, 0.25) is 0 Å². The number of aromatic amines is 1. The van der Waals surface area contributed by atoms with Crippen molar-refractivity contribution < 1.29 is 4.79 Å². The van der Waals surface area contributed by atoms with Gasteiger partial charge in [-0.25, -0.2) is 4.79 Å². The molecule has 2 aromatic rings. The second kappa shape index (κ2) is 4.96. The van der Waals surface area contributed by atoms with Gasteiger partial charge in [0.05, 0.1) is 0 Å². The maximum absolute atomic E-state index is 12.1. The van der Waals surface area contributed by atoms with Crippen LogP contribution in [0.5, 0.6) is 0 Å². The van der Waals surface area contributed by atoms with Crippen LogP contribution in [0.1, 0.15) is 25.3 Å². The molecule has 1 fully saturated rings. The first-order valence-electron chi connectivity index (χ1n) is 6.87. The molecule has 4 heteroatoms. The fourth-order valence-corrected chi connectivity index (χ4v) is 2.24. The minimum absolute atomic E-state index is 0.0548. The van der Waals surface area contributed by atoms with E-state index in [9.17, 15) is 4.79 Å². The number of rotatable bonds is 4. The van der Waals surface area contributed by atoms with Gasteiger partial charge >= 0.3 is 6.03 Å². The van der Waals surface area contributed by atoms with Crippen LogP contribution >= 0.6 is 0 Å². The van der Waals surface area contributed by atoms with Crippen molar-refractivity contribution >= 4 is 16.9 Å². The van der Waals surface area contributed by atoms with Gasteiger partial charge in [0.1, 0.15) is 0 Å². The monoisotopic (exact) mass is 257 g/mol. The molecule has 0 aliphatic heterocycles. The van der Waals surface area contributed by atoms with Gasteiger partial charge in [-0.3, -0.25) is 0 Å². The van der Waals surface area contributed by atoms with Crippen molar-refractivity contribution in [3.05, 3.63) is 36.0 Å². The third-order valence-corrected chi connectivity index (χ3v) is 3.57. The zero-order chi connectivity index (χ0) is 13.2. The molecule has 1 aromatic heterocycles. The van der Waals surface area contributed by atoms with Crippen molar-refractivity contribution in [3.63, 3.8) is 0 Å². The Bertz CT molecular complexity index is 586. The maximum atomic E-state index is 12.1. The number of urea groups is 1. The van der Waals surface area contributed by atoms with E-state index in [1.807, 2.05) is 18.0 Å². The van der Waals surface area contributed by atoms with Crippen molar-refractivity contribution in [2.45, 2.75) is 32.4 Å². The lowest BCUT2D eigenvalue weighted by Crippen LogP contribution is -2.40. The summed E-state index contributed by atoms with van der Waals surface area (Å²) in [6.45, 7) is 3.40. The largest absolute Gasteiger partial charge is 0.361 e. The number of hydrogen-bond acceptors (Lipinski definition) is 1. The summed E-state index contributed by atoms with van der Waals surface area (Å²) in [4.78, 5) is 17.1. The van der Waals surface area contributed by atoms with Crippen LogP contribution in [0.25, 0.3) is 10.9 Å². The number of carbonyl (C=O) groups excluding carboxylic acids is 1. The summed E-state index contributed by atoms with van der Waals surface area (Å²) < 4.78 is 0. The summed E-state index contributed by atoms with van der Waals surface area (Å²) in [5.74, 6) is 0. The summed E-state index contributed by atoms with van der Waals surface area (Å²) in [5, 5.41) is 4.23. The molecule has 2 amide bonds. The Kier molecular flexibility index (Phi) is 3.15. The van der Waals surface area contributed by atoms with Gasteiger partial charge in [0, 0.05) is 30.8 Å². The summed E-state index contributed by atoms with van der Waals surface area (Å²) in [5.41, 5.74) is 2.30. The van der Waals surface area contributed by atoms with Crippen molar-refractivity contribution in [2.24, 2.45) is 0 Å². The molecular formula is C15H19N3O. The molecule has 2 N–H and O–H groups in total. The number of aromatic nitrogens is 1. The van der Waals surface area contributed by atoms with E-state index in [0.29, 0.717) is 12.6 Å². The topological polar surface area (TPSA) is 48.1 Å². The SMILES string of the molecule is CCN(Cc1ccc2[nH]ccc2c1)C(=O)NC1CC1. The molecule has 0 unspecified atom stereocenters. The quantitative estimate of drug-likeness (QED) is 0.869. The smallest absolute Gasteiger partial charge is 0.317 e. The Hall–Kier alpha value is -1.97. The van der Waals surface area contributed by atoms with E-state index in [-0.39, 0.29) is 6.03 Å². The Morgan fingerprint density at radius 1 is 1.42 bits per heavy atom. The number of H-pyrrole nitrogens is 1. The van der Waals surface area contributed by atoms with Crippen LogP contribution < -0.4 is 5.32 Å². The van der Waals surface area contributed by atoms with Crippen LogP contribution in [-0.2, 0) is 6.54 Å². The van der Waals surface area contributed by atoms with Crippen LogP contribution in [0.15, 0.2) is 30.5 Å². The van der Waals surface area contributed by atoms with Gasteiger partial charge < -0.3 is 15.2 Å². The molecule has 1 heterocycles. The van der Waals surface area contributed by atoms with E-state index < -0.39 is 0 Å². The van der Waals surface area contributed by atoms with E-state index in [2.05, 4.69) is 34.6 Å². The Balaban J connectivity index is 1.71. The highest BCUT2D eigenvalue weighted by atomic mass is 16.2. The van der Waals surface area contributed by atoms with E-state index in [0.717, 1.165) is 24.9 Å². The first kappa shape index (κ1) is 12.1. The lowest BCUT2D eigenvalue weighted by Gasteiger charge is -2.21. The predicted octanol–water partition coefficient (Wildman–Crippen LogP) is 2.86. The summed E-state index contributed by atoms with van der Waals surface area (Å²) >= 11 is 0. The summed E-state index contributed by atoms with van der Waals surface area (Å²) in [6, 6.07) is 8.80. The zero-order valence-electron chi connectivity index (χ0n) is 11.1. The summed E-state index contributed by atoms with van der Waals surface area (Å²) in [6.07, 6.45) is 4.18. The number of nitrogens with one attached hydrogen (secondary N) is 2. The average molecular weight is 257 g/mol. The number of fused-ring (bicyclic) bond motifs is 1. The normalized spacial score (nSPS) is 14.6. The molecule has 1 aliphatic carbocycles. The maximum Gasteiger partial charge on any atom is 0.317 e. The van der Waals surface area contributed by atoms with E-state index in [1.165, 1.54) is 10.9 Å². The minimum Gasteiger partial charge on any atom is -0.361 e. The van der Waals surface area contributed by atoms with Gasteiger partial charge in [-0.15, -0.1) is 0 Å². The highest BCUT2D eigenvalue weighted by molar-refractivity contribution is 5.80. The van der Waals surface area contributed by atoms with E-state index in [1.54, 1.807) is 0 Å². The van der Waals surface area contributed by atoms with Crippen molar-refractivity contribution in [1.29, 1.82) is 0 Å². The van der Waals surface area contributed by atoms with Crippen LogP contribution in [0, 0.1) is 0 Å². The van der Waals surface area contributed by atoms with Crippen LogP contribution in [0.4, 0.5) is 4.79 Å². The average Bonchev–Trinajstić information content (AvgIpc) is 3.10. The van der Waals surface area contributed by atoms with Crippen LogP contribution in [0.3, 0.4) is 0 Å². The number of benzene rings is 1. The molecule has 100 valence electrons. The lowest BCUT2D eigenvalue weighted by molar-refractivity contribution is 0.197. The molecule has 0 saturated heterocycles. The standard InChI is InChI=1S/C15H19N3O/c1-2-18(15(19)17-13-4-5-13)10-11-3-6-14-12(9-11)7-8-16-14/h3,6-9,13,16H,2,4-5,10H2,1H3,(H,17,19). The molecule has 0 bridgehead atoms. The number of nitrogens with zero attached hydrogens (tertiary/aromatic N) is 1. The molecule has 0 radical (unpaired) electrons. The van der Waals surface area contributed by atoms with Gasteiger partial charge in [0.15, 0.2) is 0 Å². The van der Waals surface area contributed by atoms with Gasteiger partial charge in [-0.1, -0.05) is 6.07 Å². The third-order valence-electron chi connectivity index (χ3n) is 3.57. The number of carbonyl (C=O) groups is 1. The fourth-order valence-electron chi connectivity index (χ4n) is 2.24. The molecule has 19 heavy (non-hydrogen) atoms. The first-order valence-corrected chi connectivity index (χ1v) is 6.87. The zero-order valence-corrected chi connectivity index (χ0v) is 11.1. The van der Waals surface area contributed by atoms with Crippen LogP contribution in [0.2, 0.25) is 0 Å². The summed E-state index contributed by atoms with van der Waals surface area (Å²) in [7, 11) is 0. The second-order valence-corrected chi connectivity index (χ2v) is 5.14. The highest BCUT2D eigenvalue weighted by Gasteiger charge is 2.25. The van der Waals surface area contributed by atoms with Crippen molar-refractivity contribution in [2.75, 3.05) is 6.54 Å². The predicted molar refractivity (Wildman–Crippen MR) is 75.9 cm³/mol. The number of amides is 2. The molecule has 0 atom stereocenters. The Morgan fingerprint density at radius 2 is 2.26 bits per heavy atom. The highest BCUT2D eigenvalue weighted by Crippen LogP contribution is 2.20. The lowest BCUT2D eigenvalue weighted by atomic mass is 10.1. The molecular weight excluding hydrogens is 238 g/mol. The van der Waals surface area contributed by atoms with Crippen molar-refractivity contribution in [3.8, 4) is 0 Å². The van der Waals surface area contributed by atoms with Gasteiger partial charge in [-0.2, -0.15) is 0 Å². The molecule has 0 spiro atoms. The first-order chi connectivity index (χ1) is 9.26. The molecule has 3 rings (SSSR count). The second-order valence-electron chi connectivity index (χ2n) is 5.14. The molecule has 4 nitrogen and oxygen atoms in total. The van der Waals surface area contributed by atoms with E-state index >= 15 is 0 Å². The third kappa shape index (κ3) is 2.72. The van der Waals surface area contributed by atoms with Gasteiger partial charge in [-0.05, 0) is 48.9 Å². The van der Waals surface area contributed by atoms with E-state index in [4.69, 9.17) is 0 Å². The van der Waals surface area contributed by atoms with Gasteiger partial charge in [0.25, 0.3) is 0 Å². The molecule has 1 saturated carbocycles. The van der Waals surface area contributed by atoms with Crippen molar-refractivity contribution in [1.82, 2.24) is 15.2 Å². The minimum atomic E-state index is 0.0548. The number of hydrogen-bond donors (Lipinski definition) is 2. The van der Waals surface area contributed by atoms with Crippen LogP contribution in [-0.4, -0.2) is 28.5 Å². The Labute approximate surface area is 112 Å². The molecule has 1 aromatic carbocycles. The molecule has 1 aliphatic rings.